The van der Waals surface area contributed by atoms with Crippen molar-refractivity contribution in [2.24, 2.45) is 0 Å². The summed E-state index contributed by atoms with van der Waals surface area (Å²) in [5.41, 5.74) is 0.158. The molecule has 1 aliphatic rings. The molecule has 1 saturated heterocycles. The van der Waals surface area contributed by atoms with E-state index >= 15 is 0 Å². The van der Waals surface area contributed by atoms with E-state index in [0.29, 0.717) is 22.3 Å². The van der Waals surface area contributed by atoms with Crippen molar-refractivity contribution in [3.63, 3.8) is 0 Å². The first kappa shape index (κ1) is 24.1. The topological polar surface area (TPSA) is 60.3 Å². The Kier molecular flexibility index (Phi) is 7.16. The Hall–Kier alpha value is -3.01. The van der Waals surface area contributed by atoms with Gasteiger partial charge in [0, 0.05) is 18.7 Å². The molecule has 1 aromatic heterocycles. The number of piperidine rings is 1. The number of halogens is 3. The smallest absolute Gasteiger partial charge is 0.416 e. The van der Waals surface area contributed by atoms with Crippen LogP contribution in [0.15, 0.2) is 53.7 Å². The zero-order valence-electron chi connectivity index (χ0n) is 18.9. The molecule has 10 heteroatoms. The van der Waals surface area contributed by atoms with Crippen molar-refractivity contribution in [3.8, 4) is 22.8 Å². The van der Waals surface area contributed by atoms with Gasteiger partial charge in [-0.25, -0.2) is 0 Å². The van der Waals surface area contributed by atoms with Gasteiger partial charge in [0.2, 0.25) is 5.91 Å². The second-order valence-electron chi connectivity index (χ2n) is 8.06. The largest absolute Gasteiger partial charge is 0.497 e. The highest BCUT2D eigenvalue weighted by Crippen LogP contribution is 2.35. The Bertz CT molecular complexity index is 1140. The predicted molar refractivity (Wildman–Crippen MR) is 124 cm³/mol. The van der Waals surface area contributed by atoms with Crippen LogP contribution in [-0.4, -0.2) is 51.0 Å². The van der Waals surface area contributed by atoms with Crippen LogP contribution >= 0.6 is 11.8 Å². The van der Waals surface area contributed by atoms with Crippen molar-refractivity contribution >= 4 is 17.7 Å². The number of rotatable bonds is 6. The van der Waals surface area contributed by atoms with E-state index in [2.05, 4.69) is 10.2 Å². The van der Waals surface area contributed by atoms with E-state index in [4.69, 9.17) is 4.74 Å². The van der Waals surface area contributed by atoms with E-state index in [1.807, 2.05) is 4.90 Å². The third kappa shape index (κ3) is 5.22. The van der Waals surface area contributed by atoms with Crippen LogP contribution < -0.4 is 4.74 Å². The maximum Gasteiger partial charge on any atom is 0.416 e. The molecule has 1 unspecified atom stereocenters. The zero-order valence-corrected chi connectivity index (χ0v) is 19.7. The molecule has 0 radical (unpaired) electrons. The number of aromatic nitrogens is 3. The molecule has 0 spiro atoms. The maximum atomic E-state index is 13.4. The molecule has 6 nitrogen and oxygen atoms in total. The summed E-state index contributed by atoms with van der Waals surface area (Å²) in [5, 5.41) is 8.43. The van der Waals surface area contributed by atoms with Crippen LogP contribution in [0, 0.1) is 0 Å². The SMILES string of the molecule is COc1ccc(-c2nnc(SC(C)C(=O)N3CCCCC3)n2-c2cccc(C(F)(F)F)c2)cc1. The number of hydrogen-bond acceptors (Lipinski definition) is 5. The fraction of sp³-hybridized carbons (Fsp3) is 0.375. The first-order valence-electron chi connectivity index (χ1n) is 11.0. The van der Waals surface area contributed by atoms with Crippen molar-refractivity contribution in [1.29, 1.82) is 0 Å². The first-order valence-corrected chi connectivity index (χ1v) is 11.9. The molecular formula is C24H25F3N4O2S. The quantitative estimate of drug-likeness (QED) is 0.430. The van der Waals surface area contributed by atoms with Gasteiger partial charge in [-0.15, -0.1) is 10.2 Å². The minimum absolute atomic E-state index is 0.00529. The minimum atomic E-state index is -4.49. The lowest BCUT2D eigenvalue weighted by atomic mass is 10.1. The van der Waals surface area contributed by atoms with E-state index in [1.165, 1.54) is 17.8 Å². The second-order valence-corrected chi connectivity index (χ2v) is 9.37. The van der Waals surface area contributed by atoms with Gasteiger partial charge in [0.05, 0.1) is 23.6 Å². The second kappa shape index (κ2) is 10.1. The predicted octanol–water partition coefficient (Wildman–Crippen LogP) is 5.45. The molecule has 4 rings (SSSR count). The lowest BCUT2D eigenvalue weighted by Gasteiger charge is -2.28. The maximum absolute atomic E-state index is 13.4. The summed E-state index contributed by atoms with van der Waals surface area (Å²) in [5.74, 6) is 1.01. The fourth-order valence-corrected chi connectivity index (χ4v) is 4.86. The summed E-state index contributed by atoms with van der Waals surface area (Å²) in [6.45, 7) is 3.24. The Balaban J connectivity index is 1.73. The van der Waals surface area contributed by atoms with E-state index in [9.17, 15) is 18.0 Å². The summed E-state index contributed by atoms with van der Waals surface area (Å²) in [4.78, 5) is 14.8. The molecule has 1 aliphatic heterocycles. The standard InChI is InChI=1S/C24H25F3N4O2S/c1-16(22(32)30-13-4-3-5-14-30)34-23-29-28-21(17-9-11-20(33-2)12-10-17)31(23)19-8-6-7-18(15-19)24(25,26)27/h6-12,15-16H,3-5,13-14H2,1-2H3. The van der Waals surface area contributed by atoms with Crippen LogP contribution in [0.3, 0.4) is 0 Å². The summed E-state index contributed by atoms with van der Waals surface area (Å²) in [6, 6.07) is 12.0. The van der Waals surface area contributed by atoms with Gasteiger partial charge < -0.3 is 9.64 Å². The number of likely N-dealkylation sites (tertiary alicyclic amines) is 1. The first-order chi connectivity index (χ1) is 16.3. The average molecular weight is 491 g/mol. The molecule has 2 aromatic carbocycles. The number of alkyl halides is 3. The van der Waals surface area contributed by atoms with E-state index in [0.717, 1.165) is 44.5 Å². The number of methoxy groups -OCH3 is 1. The van der Waals surface area contributed by atoms with E-state index < -0.39 is 17.0 Å². The van der Waals surface area contributed by atoms with Gasteiger partial charge in [-0.05, 0) is 68.7 Å². The Morgan fingerprint density at radius 1 is 1.06 bits per heavy atom. The molecule has 2 heterocycles. The number of thioether (sulfide) groups is 1. The monoisotopic (exact) mass is 490 g/mol. The van der Waals surface area contributed by atoms with Gasteiger partial charge in [-0.1, -0.05) is 17.8 Å². The van der Waals surface area contributed by atoms with Crippen LogP contribution in [0.1, 0.15) is 31.7 Å². The third-order valence-electron chi connectivity index (χ3n) is 5.71. The molecule has 1 amide bonds. The Morgan fingerprint density at radius 2 is 1.76 bits per heavy atom. The molecule has 0 saturated carbocycles. The van der Waals surface area contributed by atoms with E-state index in [-0.39, 0.29) is 11.6 Å². The molecule has 1 fully saturated rings. The van der Waals surface area contributed by atoms with Crippen molar-refractivity contribution in [2.75, 3.05) is 20.2 Å². The number of carbonyl (C=O) groups is 1. The van der Waals surface area contributed by atoms with Gasteiger partial charge in [-0.3, -0.25) is 9.36 Å². The molecule has 0 N–H and O–H groups in total. The van der Waals surface area contributed by atoms with Crippen LogP contribution in [0.4, 0.5) is 13.2 Å². The van der Waals surface area contributed by atoms with Gasteiger partial charge in [0.15, 0.2) is 11.0 Å². The third-order valence-corrected chi connectivity index (χ3v) is 6.74. The molecule has 180 valence electrons. The number of benzene rings is 2. The molecule has 1 atom stereocenters. The number of nitrogens with zero attached hydrogens (tertiary/aromatic N) is 4. The van der Waals surface area contributed by atoms with E-state index in [1.54, 1.807) is 48.9 Å². The Labute approximate surface area is 200 Å². The number of hydrogen-bond donors (Lipinski definition) is 0. The van der Waals surface area contributed by atoms with Crippen LogP contribution in [0.25, 0.3) is 17.1 Å². The van der Waals surface area contributed by atoms with Gasteiger partial charge >= 0.3 is 6.18 Å². The fourth-order valence-electron chi connectivity index (χ4n) is 3.91. The van der Waals surface area contributed by atoms with Crippen molar-refractivity contribution in [2.45, 2.75) is 42.8 Å². The zero-order chi connectivity index (χ0) is 24.3. The summed E-state index contributed by atoms with van der Waals surface area (Å²) in [6.07, 6.45) is -1.42. The molecule has 0 bridgehead atoms. The van der Waals surface area contributed by atoms with Gasteiger partial charge in [0.1, 0.15) is 5.75 Å². The van der Waals surface area contributed by atoms with Crippen molar-refractivity contribution < 1.29 is 22.7 Å². The number of carbonyl (C=O) groups excluding carboxylic acids is 1. The summed E-state index contributed by atoms with van der Waals surface area (Å²) < 4.78 is 47.1. The molecular weight excluding hydrogens is 465 g/mol. The van der Waals surface area contributed by atoms with Gasteiger partial charge in [-0.2, -0.15) is 13.2 Å². The highest BCUT2D eigenvalue weighted by atomic mass is 32.2. The van der Waals surface area contributed by atoms with Crippen LogP contribution in [0.5, 0.6) is 5.75 Å². The lowest BCUT2D eigenvalue weighted by Crippen LogP contribution is -2.40. The van der Waals surface area contributed by atoms with Crippen LogP contribution in [-0.2, 0) is 11.0 Å². The summed E-state index contributed by atoms with van der Waals surface area (Å²) in [7, 11) is 1.55. The molecule has 34 heavy (non-hydrogen) atoms. The average Bonchev–Trinajstić information content (AvgIpc) is 3.27. The highest BCUT2D eigenvalue weighted by Gasteiger charge is 2.31. The molecule has 0 aliphatic carbocycles. The number of ether oxygens (including phenoxy) is 1. The van der Waals surface area contributed by atoms with Crippen molar-refractivity contribution in [3.05, 3.63) is 54.1 Å². The molecule has 3 aromatic rings. The van der Waals surface area contributed by atoms with Crippen molar-refractivity contribution in [1.82, 2.24) is 19.7 Å². The van der Waals surface area contributed by atoms with Crippen LogP contribution in [0.2, 0.25) is 0 Å². The number of amides is 1. The minimum Gasteiger partial charge on any atom is -0.497 e. The lowest BCUT2D eigenvalue weighted by molar-refractivity contribution is -0.137. The summed E-state index contributed by atoms with van der Waals surface area (Å²) >= 11 is 1.20. The van der Waals surface area contributed by atoms with Gasteiger partial charge in [0.25, 0.3) is 0 Å². The Morgan fingerprint density at radius 3 is 2.41 bits per heavy atom. The normalized spacial score (nSPS) is 15.3. The highest BCUT2D eigenvalue weighted by molar-refractivity contribution is 8.00.